The van der Waals surface area contributed by atoms with Gasteiger partial charge in [-0.05, 0) is 19.3 Å². The van der Waals surface area contributed by atoms with E-state index in [9.17, 15) is 14.4 Å². The van der Waals surface area contributed by atoms with Gasteiger partial charge in [-0.15, -0.1) is 0 Å². The summed E-state index contributed by atoms with van der Waals surface area (Å²) in [6.07, 6.45) is 47.9. The summed E-state index contributed by atoms with van der Waals surface area (Å²) in [5.74, 6) is -0.844. The van der Waals surface area contributed by atoms with Gasteiger partial charge in [-0.3, -0.25) is 14.4 Å². The molecule has 6 nitrogen and oxygen atoms in total. The summed E-state index contributed by atoms with van der Waals surface area (Å²) in [5.41, 5.74) is 0. The lowest BCUT2D eigenvalue weighted by atomic mass is 10.0. The second-order valence-electron chi connectivity index (χ2n) is 17.1. The summed E-state index contributed by atoms with van der Waals surface area (Å²) >= 11 is 0. The third-order valence-corrected chi connectivity index (χ3v) is 11.4. The van der Waals surface area contributed by atoms with Crippen LogP contribution in [0.5, 0.6) is 0 Å². The van der Waals surface area contributed by atoms with Crippen molar-refractivity contribution in [2.75, 3.05) is 13.2 Å². The second kappa shape index (κ2) is 46.1. The molecule has 0 aromatic heterocycles. The Morgan fingerprint density at radius 3 is 0.714 bits per heavy atom. The van der Waals surface area contributed by atoms with Crippen molar-refractivity contribution in [3.05, 3.63) is 0 Å². The Hall–Kier alpha value is -1.59. The van der Waals surface area contributed by atoms with Gasteiger partial charge < -0.3 is 14.2 Å². The van der Waals surface area contributed by atoms with Crippen LogP contribution in [0.4, 0.5) is 0 Å². The number of esters is 3. The van der Waals surface area contributed by atoms with E-state index in [1.54, 1.807) is 0 Å². The van der Waals surface area contributed by atoms with Crippen LogP contribution in [0.15, 0.2) is 0 Å². The topological polar surface area (TPSA) is 78.9 Å². The first-order valence-electron chi connectivity index (χ1n) is 25.0. The molecule has 0 unspecified atom stereocenters. The molecule has 0 heterocycles. The van der Waals surface area contributed by atoms with E-state index in [1.165, 1.54) is 186 Å². The average molecular weight is 793 g/mol. The van der Waals surface area contributed by atoms with E-state index in [0.717, 1.165) is 57.8 Å². The Kier molecular flexibility index (Phi) is 44.8. The Labute approximate surface area is 348 Å². The van der Waals surface area contributed by atoms with Crippen molar-refractivity contribution in [2.24, 2.45) is 0 Å². The maximum atomic E-state index is 12.7. The molecule has 6 heteroatoms. The van der Waals surface area contributed by atoms with Crippen LogP contribution >= 0.6 is 0 Å². The number of carbonyl (C=O) groups is 3. The summed E-state index contributed by atoms with van der Waals surface area (Å²) in [7, 11) is 0. The quantitative estimate of drug-likeness (QED) is 0.0347. The summed E-state index contributed by atoms with van der Waals surface area (Å²) in [5, 5.41) is 0. The molecule has 0 spiro atoms. The van der Waals surface area contributed by atoms with Gasteiger partial charge in [0.1, 0.15) is 13.2 Å². The zero-order valence-electron chi connectivity index (χ0n) is 37.9. The minimum atomic E-state index is -0.758. The van der Waals surface area contributed by atoms with Crippen LogP contribution in [-0.2, 0) is 28.6 Å². The maximum absolute atomic E-state index is 12.7. The molecule has 0 fully saturated rings. The van der Waals surface area contributed by atoms with Crippen molar-refractivity contribution in [3.63, 3.8) is 0 Å². The van der Waals surface area contributed by atoms with Gasteiger partial charge in [0, 0.05) is 19.3 Å². The average Bonchev–Trinajstić information content (AvgIpc) is 3.19. The number of unbranched alkanes of at least 4 members (excludes halogenated alkanes) is 35. The van der Waals surface area contributed by atoms with Crippen LogP contribution in [0.3, 0.4) is 0 Å². The lowest BCUT2D eigenvalue weighted by Crippen LogP contribution is -2.30. The van der Waals surface area contributed by atoms with E-state index in [-0.39, 0.29) is 31.1 Å². The third-order valence-electron chi connectivity index (χ3n) is 11.4. The highest BCUT2D eigenvalue weighted by atomic mass is 16.6. The van der Waals surface area contributed by atoms with Gasteiger partial charge in [-0.25, -0.2) is 0 Å². The molecular formula is C50H96O6. The molecular weight excluding hydrogens is 697 g/mol. The molecule has 0 saturated heterocycles. The molecule has 0 aliphatic heterocycles. The SMILES string of the molecule is CCCCCCCCCCCCCCCCC(=O)OC[C@H](COC(=O)CCCCCCCCCCCCCC)OC(=O)CCCCCCCCCCCCCC. The molecule has 0 aliphatic rings. The van der Waals surface area contributed by atoms with Crippen molar-refractivity contribution < 1.29 is 28.6 Å². The standard InChI is InChI=1S/C50H96O6/c1-4-7-10-13-16-19-22-25-26-29-31-34-37-40-43-49(52)55-46-47(56-50(53)44-41-38-35-32-28-24-21-18-15-12-9-6-3)45-54-48(51)42-39-36-33-30-27-23-20-17-14-11-8-5-2/h47H,4-46H2,1-3H3/t47-/m0/s1. The zero-order valence-corrected chi connectivity index (χ0v) is 37.9. The highest BCUT2D eigenvalue weighted by molar-refractivity contribution is 5.71. The van der Waals surface area contributed by atoms with Gasteiger partial charge in [-0.1, -0.05) is 245 Å². The molecule has 0 amide bonds. The molecule has 0 saturated carbocycles. The Morgan fingerprint density at radius 1 is 0.286 bits per heavy atom. The van der Waals surface area contributed by atoms with Crippen LogP contribution < -0.4 is 0 Å². The predicted molar refractivity (Wildman–Crippen MR) is 238 cm³/mol. The monoisotopic (exact) mass is 793 g/mol. The lowest BCUT2D eigenvalue weighted by Gasteiger charge is -2.18. The molecule has 0 N–H and O–H groups in total. The fourth-order valence-electron chi connectivity index (χ4n) is 7.56. The van der Waals surface area contributed by atoms with Crippen LogP contribution in [0, 0.1) is 0 Å². The van der Waals surface area contributed by atoms with Crippen molar-refractivity contribution >= 4 is 17.9 Å². The molecule has 0 aliphatic carbocycles. The molecule has 0 rings (SSSR count). The number of hydrogen-bond acceptors (Lipinski definition) is 6. The van der Waals surface area contributed by atoms with Crippen molar-refractivity contribution in [2.45, 2.75) is 290 Å². The minimum Gasteiger partial charge on any atom is -0.462 e. The van der Waals surface area contributed by atoms with Crippen molar-refractivity contribution in [1.29, 1.82) is 0 Å². The van der Waals surface area contributed by atoms with E-state index in [2.05, 4.69) is 20.8 Å². The smallest absolute Gasteiger partial charge is 0.306 e. The fourth-order valence-corrected chi connectivity index (χ4v) is 7.56. The maximum Gasteiger partial charge on any atom is 0.306 e. The summed E-state index contributed by atoms with van der Waals surface area (Å²) < 4.78 is 16.8. The summed E-state index contributed by atoms with van der Waals surface area (Å²) in [4.78, 5) is 37.8. The number of hydrogen-bond donors (Lipinski definition) is 0. The second-order valence-corrected chi connectivity index (χ2v) is 17.1. The number of carbonyl (C=O) groups excluding carboxylic acids is 3. The largest absolute Gasteiger partial charge is 0.462 e. The highest BCUT2D eigenvalue weighted by Gasteiger charge is 2.19. The van der Waals surface area contributed by atoms with Crippen LogP contribution in [0.1, 0.15) is 284 Å². The van der Waals surface area contributed by atoms with E-state index in [4.69, 9.17) is 14.2 Å². The first-order chi connectivity index (χ1) is 27.5. The minimum absolute atomic E-state index is 0.0620. The van der Waals surface area contributed by atoms with Crippen LogP contribution in [0.2, 0.25) is 0 Å². The number of ether oxygens (including phenoxy) is 3. The fraction of sp³-hybridized carbons (Fsp3) is 0.940. The first kappa shape index (κ1) is 54.4. The zero-order chi connectivity index (χ0) is 40.8. The molecule has 0 aromatic rings. The van der Waals surface area contributed by atoms with Gasteiger partial charge in [0.25, 0.3) is 0 Å². The highest BCUT2D eigenvalue weighted by Crippen LogP contribution is 2.16. The van der Waals surface area contributed by atoms with Gasteiger partial charge in [-0.2, -0.15) is 0 Å². The molecule has 0 radical (unpaired) electrons. The van der Waals surface area contributed by atoms with Gasteiger partial charge in [0.2, 0.25) is 0 Å². The van der Waals surface area contributed by atoms with E-state index < -0.39 is 6.10 Å². The number of rotatable bonds is 46. The van der Waals surface area contributed by atoms with E-state index in [0.29, 0.717) is 19.3 Å². The molecule has 56 heavy (non-hydrogen) atoms. The van der Waals surface area contributed by atoms with Gasteiger partial charge in [0.15, 0.2) is 6.10 Å². The Morgan fingerprint density at radius 2 is 0.482 bits per heavy atom. The van der Waals surface area contributed by atoms with Crippen LogP contribution in [-0.4, -0.2) is 37.2 Å². The predicted octanol–water partition coefficient (Wildman–Crippen LogP) is 16.0. The summed E-state index contributed by atoms with van der Waals surface area (Å²) in [6, 6.07) is 0. The van der Waals surface area contributed by atoms with E-state index in [1.807, 2.05) is 0 Å². The van der Waals surface area contributed by atoms with Gasteiger partial charge in [0.05, 0.1) is 0 Å². The van der Waals surface area contributed by atoms with Gasteiger partial charge >= 0.3 is 17.9 Å². The summed E-state index contributed by atoms with van der Waals surface area (Å²) in [6.45, 7) is 6.67. The van der Waals surface area contributed by atoms with Crippen LogP contribution in [0.25, 0.3) is 0 Å². The van der Waals surface area contributed by atoms with Crippen molar-refractivity contribution in [3.8, 4) is 0 Å². The molecule has 0 aromatic carbocycles. The lowest BCUT2D eigenvalue weighted by molar-refractivity contribution is -0.167. The van der Waals surface area contributed by atoms with Crippen molar-refractivity contribution in [1.82, 2.24) is 0 Å². The Balaban J connectivity index is 4.30. The first-order valence-corrected chi connectivity index (χ1v) is 25.0. The molecule has 0 bridgehead atoms. The molecule has 1 atom stereocenters. The third kappa shape index (κ3) is 43.5. The normalized spacial score (nSPS) is 11.8. The van der Waals surface area contributed by atoms with E-state index >= 15 is 0 Å². The molecule has 332 valence electrons. The Bertz CT molecular complexity index is 828.